The van der Waals surface area contributed by atoms with Crippen molar-refractivity contribution in [3.05, 3.63) is 119 Å². The van der Waals surface area contributed by atoms with E-state index in [0.29, 0.717) is 41.4 Å². The van der Waals surface area contributed by atoms with Crippen molar-refractivity contribution in [2.75, 3.05) is 41.7 Å². The number of rotatable bonds is 12. The Morgan fingerprint density at radius 1 is 0.862 bits per heavy atom. The number of piperazine rings is 1. The molecule has 7 aromatic rings. The fourth-order valence-corrected chi connectivity index (χ4v) is 8.94. The summed E-state index contributed by atoms with van der Waals surface area (Å²) in [7, 11) is 1.71. The Labute approximate surface area is 372 Å². The Bertz CT molecular complexity index is 3060. The Morgan fingerprint density at radius 2 is 1.66 bits per heavy atom. The Morgan fingerprint density at radius 3 is 2.40 bits per heavy atom. The van der Waals surface area contributed by atoms with Crippen LogP contribution in [0.1, 0.15) is 54.1 Å². The van der Waals surface area contributed by atoms with Gasteiger partial charge >= 0.3 is 5.69 Å². The summed E-state index contributed by atoms with van der Waals surface area (Å²) in [4.78, 5) is 65.1. The number of hydrogen-bond acceptors (Lipinski definition) is 11. The zero-order valence-corrected chi connectivity index (χ0v) is 35.7. The molecule has 65 heavy (non-hydrogen) atoms. The van der Waals surface area contributed by atoms with Gasteiger partial charge in [0.05, 0.1) is 29.0 Å². The zero-order valence-electron chi connectivity index (χ0n) is 35.7. The molecule has 2 aliphatic carbocycles. The van der Waals surface area contributed by atoms with Crippen molar-refractivity contribution in [2.45, 2.75) is 62.9 Å². The molecule has 16 nitrogen and oxygen atoms in total. The first-order valence-electron chi connectivity index (χ1n) is 22.2. The monoisotopic (exact) mass is 874 g/mol. The van der Waals surface area contributed by atoms with Gasteiger partial charge in [-0.05, 0) is 78.4 Å². The predicted molar refractivity (Wildman–Crippen MR) is 245 cm³/mol. The van der Waals surface area contributed by atoms with Crippen molar-refractivity contribution in [3.63, 3.8) is 0 Å². The van der Waals surface area contributed by atoms with E-state index < -0.39 is 24.2 Å². The maximum absolute atomic E-state index is 13.6. The van der Waals surface area contributed by atoms with Crippen LogP contribution in [0.5, 0.6) is 0 Å². The molecular formula is C48H47FN12O4. The SMILES string of the molecule is Cn1c(=O)n(C2CCC(=O)NC2=O)c2ccc(-c3ccc(N4CCN(Cc5ccc(-c6cccc(Nc7cc(NC8CC8)n8ncc(C(=O)N[C@@H]9C[C@@H]9F)c8n7)c6)nc5)CC4)cc3)cc21. The summed E-state index contributed by atoms with van der Waals surface area (Å²) >= 11 is 0. The molecule has 4 fully saturated rings. The summed E-state index contributed by atoms with van der Waals surface area (Å²) in [6.45, 7) is 4.40. The Kier molecular flexibility index (Phi) is 10.1. The molecule has 330 valence electrons. The maximum atomic E-state index is 13.6. The molecular weight excluding hydrogens is 828 g/mol. The number of nitrogens with zero attached hydrogens (tertiary/aromatic N) is 8. The molecule has 3 aromatic carbocycles. The van der Waals surface area contributed by atoms with E-state index >= 15 is 0 Å². The number of pyridine rings is 1. The maximum Gasteiger partial charge on any atom is 0.329 e. The minimum absolute atomic E-state index is 0.201. The normalized spacial score (nSPS) is 20.0. The number of halogens is 1. The summed E-state index contributed by atoms with van der Waals surface area (Å²) in [6, 6.07) is 27.6. The number of carbonyl (C=O) groups is 3. The topological polar surface area (TPSA) is 176 Å². The van der Waals surface area contributed by atoms with E-state index in [2.05, 4.69) is 72.6 Å². The number of aryl methyl sites for hydroxylation is 1. The summed E-state index contributed by atoms with van der Waals surface area (Å²) in [5.41, 5.74) is 8.69. The van der Waals surface area contributed by atoms with Gasteiger partial charge in [0.25, 0.3) is 5.91 Å². The van der Waals surface area contributed by atoms with Crippen LogP contribution in [-0.4, -0.2) is 95.8 Å². The van der Waals surface area contributed by atoms with Crippen molar-refractivity contribution in [3.8, 4) is 22.4 Å². The molecule has 11 rings (SSSR count). The van der Waals surface area contributed by atoms with Crippen LogP contribution in [0.4, 0.5) is 27.4 Å². The van der Waals surface area contributed by atoms with Crippen LogP contribution in [0.25, 0.3) is 39.1 Å². The third-order valence-electron chi connectivity index (χ3n) is 12.9. The number of hydrogen-bond donors (Lipinski definition) is 4. The van der Waals surface area contributed by atoms with Crippen molar-refractivity contribution in [2.24, 2.45) is 7.05 Å². The number of anilines is 4. The lowest BCUT2D eigenvalue weighted by atomic mass is 10.0. The van der Waals surface area contributed by atoms with Crippen LogP contribution in [0.2, 0.25) is 0 Å². The van der Waals surface area contributed by atoms with Crippen molar-refractivity contribution in [1.29, 1.82) is 0 Å². The third kappa shape index (κ3) is 8.07. The van der Waals surface area contributed by atoms with Gasteiger partial charge in [-0.25, -0.2) is 14.2 Å². The van der Waals surface area contributed by atoms with E-state index in [1.807, 2.05) is 54.7 Å². The molecule has 0 radical (unpaired) electrons. The van der Waals surface area contributed by atoms with Crippen LogP contribution in [0.3, 0.4) is 0 Å². The highest BCUT2D eigenvalue weighted by molar-refractivity contribution is 6.01. The van der Waals surface area contributed by atoms with Crippen LogP contribution < -0.4 is 31.9 Å². The first-order chi connectivity index (χ1) is 31.6. The second-order valence-corrected chi connectivity index (χ2v) is 17.5. The third-order valence-corrected chi connectivity index (χ3v) is 12.9. The standard InChI is InChI=1S/C48H47FN12O4/c1-57-41-22-30(8-14-39(41)60(48(57)65)40-15-16-44(62)56-47(40)64)29-6-11-34(12-7-29)59-19-17-58(18-20-59)27-28-5-13-37(50-25-28)31-3-2-4-33(21-31)52-42-24-43(53-32-9-10-32)61-45(55-42)35(26-51-61)46(63)54-38-23-36(38)49/h2-8,11-14,21-22,24-26,32,36,38,40,53H,9-10,15-20,23,27H2,1H3,(H,52,55)(H,54,63)(H,56,62,64)/t36-,38+,40?/m0/s1. The van der Waals surface area contributed by atoms with Gasteiger partial charge < -0.3 is 20.9 Å². The quantitative estimate of drug-likeness (QED) is 0.113. The first-order valence-corrected chi connectivity index (χ1v) is 22.2. The number of amides is 3. The van der Waals surface area contributed by atoms with Crippen LogP contribution in [-0.2, 0) is 23.2 Å². The molecule has 17 heteroatoms. The molecule has 2 aliphatic heterocycles. The van der Waals surface area contributed by atoms with Gasteiger partial charge in [0.2, 0.25) is 11.8 Å². The van der Waals surface area contributed by atoms with E-state index in [9.17, 15) is 23.6 Å². The summed E-state index contributed by atoms with van der Waals surface area (Å²) in [5, 5.41) is 16.5. The second-order valence-electron chi connectivity index (χ2n) is 17.5. The summed E-state index contributed by atoms with van der Waals surface area (Å²) < 4.78 is 18.3. The number of fused-ring (bicyclic) bond motifs is 2. The molecule has 0 spiro atoms. The molecule has 2 saturated carbocycles. The number of alkyl halides is 1. The van der Waals surface area contributed by atoms with Gasteiger partial charge in [-0.2, -0.15) is 9.61 Å². The summed E-state index contributed by atoms with van der Waals surface area (Å²) in [5.74, 6) is 0.131. The number of carbonyl (C=O) groups excluding carboxylic acids is 3. The highest BCUT2D eigenvalue weighted by Gasteiger charge is 2.39. The van der Waals surface area contributed by atoms with Gasteiger partial charge in [-0.15, -0.1) is 0 Å². The fourth-order valence-electron chi connectivity index (χ4n) is 8.94. The number of aromatic nitrogens is 6. The molecule has 0 bridgehead atoms. The number of benzene rings is 3. The van der Waals surface area contributed by atoms with Crippen LogP contribution in [0, 0.1) is 0 Å². The smallest absolute Gasteiger partial charge is 0.329 e. The highest BCUT2D eigenvalue weighted by Crippen LogP contribution is 2.32. The molecule has 4 N–H and O–H groups in total. The average Bonchev–Trinajstić information content (AvgIpc) is 4.21. The van der Waals surface area contributed by atoms with Crippen molar-refractivity contribution in [1.82, 2.24) is 44.2 Å². The average molecular weight is 875 g/mol. The van der Waals surface area contributed by atoms with Gasteiger partial charge in [0.1, 0.15) is 29.4 Å². The lowest BCUT2D eigenvalue weighted by molar-refractivity contribution is -0.135. The Hall–Kier alpha value is -7.40. The Balaban J connectivity index is 0.714. The van der Waals surface area contributed by atoms with Crippen molar-refractivity contribution < 1.29 is 18.8 Å². The van der Waals surface area contributed by atoms with Crippen LogP contribution in [0.15, 0.2) is 102 Å². The van der Waals surface area contributed by atoms with Gasteiger partial charge in [0, 0.05) is 87.9 Å². The first kappa shape index (κ1) is 40.4. The molecule has 3 atom stereocenters. The van der Waals surface area contributed by atoms with E-state index in [0.717, 1.165) is 96.2 Å². The highest BCUT2D eigenvalue weighted by atomic mass is 19.1. The van der Waals surface area contributed by atoms with E-state index in [-0.39, 0.29) is 23.9 Å². The second kappa shape index (κ2) is 16.3. The predicted octanol–water partition coefficient (Wildman–Crippen LogP) is 5.57. The molecule has 6 heterocycles. The number of piperidine rings is 1. The fraction of sp³-hybridized carbons (Fsp3) is 0.312. The van der Waals surface area contributed by atoms with E-state index in [1.165, 1.54) is 10.8 Å². The zero-order chi connectivity index (χ0) is 44.3. The number of imidazole rings is 1. The molecule has 4 aliphatic rings. The van der Waals surface area contributed by atoms with E-state index in [4.69, 9.17) is 9.97 Å². The lowest BCUT2D eigenvalue weighted by Gasteiger charge is -2.36. The van der Waals surface area contributed by atoms with Gasteiger partial charge in [0.15, 0.2) is 5.65 Å². The molecule has 1 unspecified atom stereocenters. The number of imide groups is 1. The molecule has 4 aromatic heterocycles. The largest absolute Gasteiger partial charge is 0.369 e. The lowest BCUT2D eigenvalue weighted by Crippen LogP contribution is -2.45. The van der Waals surface area contributed by atoms with Gasteiger partial charge in [-0.1, -0.05) is 36.4 Å². The minimum atomic E-state index is -1.01. The van der Waals surface area contributed by atoms with Crippen molar-refractivity contribution >= 4 is 57.4 Å². The molecule has 3 amide bonds. The van der Waals surface area contributed by atoms with Gasteiger partial charge in [-0.3, -0.25) is 38.7 Å². The van der Waals surface area contributed by atoms with Crippen LogP contribution >= 0.6 is 0 Å². The summed E-state index contributed by atoms with van der Waals surface area (Å²) in [6.07, 6.45) is 5.37. The van der Waals surface area contributed by atoms with E-state index in [1.54, 1.807) is 16.1 Å². The molecule has 2 saturated heterocycles. The number of nitrogens with one attached hydrogen (secondary N) is 4. The minimum Gasteiger partial charge on any atom is -0.369 e.